The van der Waals surface area contributed by atoms with Crippen LogP contribution in [0, 0.1) is 0 Å². The van der Waals surface area contributed by atoms with Gasteiger partial charge in [0.2, 0.25) is 0 Å². The highest BCUT2D eigenvalue weighted by Gasteiger charge is 1.85. The molecule has 0 atom stereocenters. The topological polar surface area (TPSA) is 34.1 Å². The molecule has 2 heteroatoms. The SMILES string of the molecule is C.C.C.C.C.C.C=C(C)C.C=C(C)C(C)=O.C=CC(C)=O. The van der Waals surface area contributed by atoms with Crippen LogP contribution >= 0.6 is 0 Å². The Hall–Kier alpha value is -1.44. The minimum Gasteiger partial charge on any atom is -0.295 e. The molecule has 0 aliphatic carbocycles. The summed E-state index contributed by atoms with van der Waals surface area (Å²) >= 11 is 0. The number of hydrogen-bond donors (Lipinski definition) is 0. The van der Waals surface area contributed by atoms with Crippen LogP contribution in [0.5, 0.6) is 0 Å². The first kappa shape index (κ1) is 60.4. The van der Waals surface area contributed by atoms with Crippen LogP contribution in [0.4, 0.5) is 0 Å². The monoisotopic (exact) mass is 306 g/mol. The van der Waals surface area contributed by atoms with Gasteiger partial charge in [0.25, 0.3) is 0 Å². The summed E-state index contributed by atoms with van der Waals surface area (Å²) in [5.41, 5.74) is 1.79. The molecule has 0 radical (unpaired) electrons. The van der Waals surface area contributed by atoms with Crippen LogP contribution in [-0.2, 0) is 9.59 Å². The van der Waals surface area contributed by atoms with E-state index >= 15 is 0 Å². The normalized spacial score (nSPS) is 5.00. The second-order valence-corrected chi connectivity index (χ2v) is 3.36. The van der Waals surface area contributed by atoms with Crippen molar-refractivity contribution in [3.63, 3.8) is 0 Å². The van der Waals surface area contributed by atoms with Crippen molar-refractivity contribution in [2.24, 2.45) is 0 Å². The van der Waals surface area contributed by atoms with E-state index in [0.717, 1.165) is 0 Å². The fraction of sp³-hybridized carbons (Fsp3) is 0.579. The van der Waals surface area contributed by atoms with Crippen molar-refractivity contribution in [1.82, 2.24) is 0 Å². The molecule has 0 saturated heterocycles. The summed E-state index contributed by atoms with van der Waals surface area (Å²) in [6, 6.07) is 0. The standard InChI is InChI=1S/C5H8O.C4H6O.C4H8.6CH4/c1-4(2)5(3)6;1-3-4(2)5;1-4(2)3;;;;;;/h1H2,2-3H3;3H,1H2,2H3;1H2,2-3H3;6*1H4. The summed E-state index contributed by atoms with van der Waals surface area (Å²) in [7, 11) is 0. The molecule has 0 aromatic carbocycles. The molecule has 0 heterocycles. The first-order valence-electron chi connectivity index (χ1n) is 4.56. The van der Waals surface area contributed by atoms with Gasteiger partial charge in [0.05, 0.1) is 0 Å². The van der Waals surface area contributed by atoms with Crippen molar-refractivity contribution >= 4 is 11.6 Å². The molecule has 0 aromatic heterocycles. The van der Waals surface area contributed by atoms with Gasteiger partial charge in [-0.15, -0.1) is 6.58 Å². The lowest BCUT2D eigenvalue weighted by Gasteiger charge is -1.80. The van der Waals surface area contributed by atoms with Crippen LogP contribution in [0.15, 0.2) is 37.0 Å². The quantitative estimate of drug-likeness (QED) is 0.396. The highest BCUT2D eigenvalue weighted by molar-refractivity contribution is 5.91. The third-order valence-electron chi connectivity index (χ3n) is 0.888. The van der Waals surface area contributed by atoms with Gasteiger partial charge < -0.3 is 0 Å². The second-order valence-electron chi connectivity index (χ2n) is 3.36. The zero-order chi connectivity index (χ0) is 13.0. The molecule has 2 nitrogen and oxygen atoms in total. The zero-order valence-electron chi connectivity index (χ0n) is 10.5. The van der Waals surface area contributed by atoms with Crippen LogP contribution in [0.2, 0.25) is 0 Å². The molecule has 0 saturated carbocycles. The van der Waals surface area contributed by atoms with E-state index in [1.165, 1.54) is 25.5 Å². The molecule has 0 aliphatic rings. The number of allylic oxidation sites excluding steroid dienone is 3. The number of ketones is 2. The number of carbonyl (C=O) groups excluding carboxylic acids is 2. The molecular formula is C19H46O2. The number of carbonyl (C=O) groups is 2. The Morgan fingerprint density at radius 2 is 0.810 bits per heavy atom. The Morgan fingerprint density at radius 1 is 0.714 bits per heavy atom. The van der Waals surface area contributed by atoms with E-state index in [-0.39, 0.29) is 56.1 Å². The smallest absolute Gasteiger partial charge is 0.154 e. The average molecular weight is 307 g/mol. The summed E-state index contributed by atoms with van der Waals surface area (Å²) in [5.74, 6) is 0.0833. The van der Waals surface area contributed by atoms with Crippen LogP contribution in [0.1, 0.15) is 79.2 Å². The van der Waals surface area contributed by atoms with Gasteiger partial charge in [0.1, 0.15) is 0 Å². The van der Waals surface area contributed by atoms with Crippen LogP contribution in [0.3, 0.4) is 0 Å². The van der Waals surface area contributed by atoms with E-state index in [0.29, 0.717) is 5.57 Å². The van der Waals surface area contributed by atoms with E-state index in [9.17, 15) is 9.59 Å². The molecule has 0 bridgehead atoms. The lowest BCUT2D eigenvalue weighted by Crippen LogP contribution is -1.86. The molecule has 0 spiro atoms. The molecule has 21 heavy (non-hydrogen) atoms. The lowest BCUT2D eigenvalue weighted by atomic mass is 10.3. The van der Waals surface area contributed by atoms with Gasteiger partial charge in [-0.2, -0.15) is 0 Å². The largest absolute Gasteiger partial charge is 0.295 e. The fourth-order valence-corrected chi connectivity index (χ4v) is 0. The van der Waals surface area contributed by atoms with Crippen molar-refractivity contribution in [2.45, 2.75) is 79.2 Å². The van der Waals surface area contributed by atoms with Crippen molar-refractivity contribution in [2.75, 3.05) is 0 Å². The number of hydrogen-bond acceptors (Lipinski definition) is 2. The van der Waals surface area contributed by atoms with Gasteiger partial charge in [-0.05, 0) is 46.3 Å². The first-order chi connectivity index (χ1) is 6.64. The Morgan fingerprint density at radius 3 is 0.810 bits per heavy atom. The molecule has 0 aliphatic heterocycles. The van der Waals surface area contributed by atoms with Gasteiger partial charge >= 0.3 is 0 Å². The minimum atomic E-state index is 0. The Balaban J connectivity index is -0.0000000130. The fourth-order valence-electron chi connectivity index (χ4n) is 0. The van der Waals surface area contributed by atoms with Crippen molar-refractivity contribution < 1.29 is 9.59 Å². The zero-order valence-corrected chi connectivity index (χ0v) is 10.5. The molecule has 0 unspecified atom stereocenters. The molecule has 0 aromatic rings. The van der Waals surface area contributed by atoms with Gasteiger partial charge in [-0.25, -0.2) is 0 Å². The molecule has 134 valence electrons. The van der Waals surface area contributed by atoms with E-state index in [1.807, 2.05) is 13.8 Å². The first-order valence-corrected chi connectivity index (χ1v) is 4.56. The molecule has 0 rings (SSSR count). The summed E-state index contributed by atoms with van der Waals surface area (Å²) in [6.07, 6.45) is 1.28. The van der Waals surface area contributed by atoms with E-state index in [4.69, 9.17) is 0 Å². The van der Waals surface area contributed by atoms with Gasteiger partial charge in [0.15, 0.2) is 11.6 Å². The second kappa shape index (κ2) is 42.8. The Bertz CT molecular complexity index is 232. The minimum absolute atomic E-state index is 0. The maximum absolute atomic E-state index is 10.0. The Labute approximate surface area is 138 Å². The van der Waals surface area contributed by atoms with Crippen molar-refractivity contribution in [3.8, 4) is 0 Å². The van der Waals surface area contributed by atoms with Crippen LogP contribution < -0.4 is 0 Å². The molecule has 0 N–H and O–H groups in total. The van der Waals surface area contributed by atoms with Crippen molar-refractivity contribution in [3.05, 3.63) is 37.0 Å². The molecule has 0 fully saturated rings. The summed E-state index contributed by atoms with van der Waals surface area (Å²) in [5, 5.41) is 0. The summed E-state index contributed by atoms with van der Waals surface area (Å²) in [4.78, 5) is 19.7. The third kappa shape index (κ3) is 245. The maximum atomic E-state index is 10.0. The Kier molecular flexibility index (Phi) is 123. The van der Waals surface area contributed by atoms with Gasteiger partial charge in [-0.3, -0.25) is 9.59 Å². The van der Waals surface area contributed by atoms with E-state index in [1.54, 1.807) is 6.92 Å². The predicted molar refractivity (Wildman–Crippen MR) is 107 cm³/mol. The highest BCUT2D eigenvalue weighted by atomic mass is 16.1. The third-order valence-corrected chi connectivity index (χ3v) is 0.888. The van der Waals surface area contributed by atoms with Crippen LogP contribution in [-0.4, -0.2) is 11.6 Å². The van der Waals surface area contributed by atoms with Crippen molar-refractivity contribution in [1.29, 1.82) is 0 Å². The van der Waals surface area contributed by atoms with Gasteiger partial charge in [0, 0.05) is 0 Å². The summed E-state index contributed by atoms with van der Waals surface area (Å²) < 4.78 is 0. The predicted octanol–water partition coefficient (Wildman–Crippen LogP) is 7.31. The molecular weight excluding hydrogens is 260 g/mol. The summed E-state index contributed by atoms with van der Waals surface area (Å²) in [6.45, 7) is 18.8. The average Bonchev–Trinajstić information content (AvgIpc) is 2.04. The van der Waals surface area contributed by atoms with Crippen LogP contribution in [0.25, 0.3) is 0 Å². The highest BCUT2D eigenvalue weighted by Crippen LogP contribution is 1.84. The maximum Gasteiger partial charge on any atom is 0.154 e. The molecule has 0 amide bonds. The van der Waals surface area contributed by atoms with E-state index in [2.05, 4.69) is 19.7 Å². The number of Topliss-reactive ketones (excluding diaryl/α,β-unsaturated/α-hetero) is 1. The lowest BCUT2D eigenvalue weighted by molar-refractivity contribution is -0.114. The van der Waals surface area contributed by atoms with E-state index < -0.39 is 0 Å². The van der Waals surface area contributed by atoms with Gasteiger partial charge in [-0.1, -0.05) is 63.3 Å². The number of rotatable bonds is 2.